The number of rotatable bonds is 4. The molecule has 25 heavy (non-hydrogen) atoms. The smallest absolute Gasteiger partial charge is 0.218 e. The number of fused-ring (bicyclic) bond motifs is 2. The summed E-state index contributed by atoms with van der Waals surface area (Å²) in [6.07, 6.45) is 3.64. The van der Waals surface area contributed by atoms with Crippen molar-refractivity contribution >= 4 is 23.5 Å². The minimum absolute atomic E-state index is 0.0951. The number of halogens is 1. The Hall–Kier alpha value is -3.56. The molecule has 0 bridgehead atoms. The standard InChI is InChI=1S/C15H12FN7O2/c1-8-18-15-12(25-2)4-11(21-23(15)20-8)9-3-10(16)14-19-13(17-7-24)6-22(14)5-9/h3-7H,1-2H3,(H,17,24). The van der Waals surface area contributed by atoms with Crippen LogP contribution in [0.5, 0.6) is 5.75 Å². The molecule has 10 heteroatoms. The zero-order chi connectivity index (χ0) is 17.6. The number of hydrogen-bond donors (Lipinski definition) is 1. The number of hydrogen-bond acceptors (Lipinski definition) is 6. The summed E-state index contributed by atoms with van der Waals surface area (Å²) in [7, 11) is 1.51. The average Bonchev–Trinajstić information content (AvgIpc) is 3.16. The fraction of sp³-hybridized carbons (Fsp3) is 0.133. The van der Waals surface area contributed by atoms with Gasteiger partial charge in [0.25, 0.3) is 0 Å². The van der Waals surface area contributed by atoms with Crippen LogP contribution in [0, 0.1) is 12.7 Å². The van der Waals surface area contributed by atoms with Crippen LogP contribution in [0.15, 0.2) is 24.5 Å². The number of carbonyl (C=O) groups excluding carboxylic acids is 1. The molecular weight excluding hydrogens is 329 g/mol. The van der Waals surface area contributed by atoms with E-state index in [1.165, 1.54) is 28.4 Å². The SMILES string of the molecule is COc1cc(-c2cc(F)c3nc(NC=O)cn3c2)nn2nc(C)nc12. The molecule has 0 aliphatic rings. The van der Waals surface area contributed by atoms with E-state index in [-0.39, 0.29) is 11.5 Å². The quantitative estimate of drug-likeness (QED) is 0.564. The van der Waals surface area contributed by atoms with Crippen molar-refractivity contribution in [2.45, 2.75) is 6.92 Å². The van der Waals surface area contributed by atoms with Gasteiger partial charge in [0.2, 0.25) is 12.1 Å². The summed E-state index contributed by atoms with van der Waals surface area (Å²) in [5.41, 5.74) is 1.52. The van der Waals surface area contributed by atoms with Crippen molar-refractivity contribution < 1.29 is 13.9 Å². The van der Waals surface area contributed by atoms with Gasteiger partial charge in [-0.2, -0.15) is 0 Å². The number of ether oxygens (including phenoxy) is 1. The molecule has 1 N–H and O–H groups in total. The second-order valence-corrected chi connectivity index (χ2v) is 5.27. The number of nitrogens with zero attached hydrogens (tertiary/aromatic N) is 6. The van der Waals surface area contributed by atoms with Crippen molar-refractivity contribution in [1.82, 2.24) is 29.2 Å². The van der Waals surface area contributed by atoms with E-state index in [1.807, 2.05) is 0 Å². The van der Waals surface area contributed by atoms with Gasteiger partial charge in [0.1, 0.15) is 0 Å². The lowest BCUT2D eigenvalue weighted by atomic mass is 10.2. The maximum Gasteiger partial charge on any atom is 0.218 e. The van der Waals surface area contributed by atoms with Crippen LogP contribution in [0.3, 0.4) is 0 Å². The van der Waals surface area contributed by atoms with Gasteiger partial charge in [0.05, 0.1) is 19.0 Å². The number of carbonyl (C=O) groups is 1. The summed E-state index contributed by atoms with van der Waals surface area (Å²) in [6.45, 7) is 1.74. The van der Waals surface area contributed by atoms with Gasteiger partial charge in [-0.15, -0.1) is 14.8 Å². The molecule has 0 fully saturated rings. The van der Waals surface area contributed by atoms with Gasteiger partial charge in [0.15, 0.2) is 28.9 Å². The van der Waals surface area contributed by atoms with Crippen LogP contribution >= 0.6 is 0 Å². The predicted octanol–water partition coefficient (Wildman–Crippen LogP) is 1.46. The molecule has 4 aromatic heterocycles. The van der Waals surface area contributed by atoms with E-state index in [9.17, 15) is 9.18 Å². The van der Waals surface area contributed by atoms with Crippen molar-refractivity contribution in [3.63, 3.8) is 0 Å². The van der Waals surface area contributed by atoms with Gasteiger partial charge >= 0.3 is 0 Å². The van der Waals surface area contributed by atoms with Crippen LogP contribution in [0.1, 0.15) is 5.82 Å². The number of aromatic nitrogens is 6. The van der Waals surface area contributed by atoms with E-state index < -0.39 is 5.82 Å². The molecule has 4 rings (SSSR count). The Balaban J connectivity index is 1.91. The van der Waals surface area contributed by atoms with Crippen molar-refractivity contribution in [2.24, 2.45) is 0 Å². The van der Waals surface area contributed by atoms with E-state index in [2.05, 4.69) is 25.5 Å². The monoisotopic (exact) mass is 341 g/mol. The van der Waals surface area contributed by atoms with Crippen molar-refractivity contribution in [3.05, 3.63) is 36.2 Å². The number of pyridine rings is 1. The molecule has 4 aromatic rings. The highest BCUT2D eigenvalue weighted by molar-refractivity contribution is 5.71. The summed E-state index contributed by atoms with van der Waals surface area (Å²) in [4.78, 5) is 18.8. The van der Waals surface area contributed by atoms with E-state index >= 15 is 0 Å². The first-order chi connectivity index (χ1) is 12.1. The number of aryl methyl sites for hydroxylation is 1. The topological polar surface area (TPSA) is 98.7 Å². The van der Waals surface area contributed by atoms with Crippen LogP contribution in [-0.4, -0.2) is 42.7 Å². The summed E-state index contributed by atoms with van der Waals surface area (Å²) in [6, 6.07) is 2.97. The Morgan fingerprint density at radius 1 is 1.20 bits per heavy atom. The third kappa shape index (κ3) is 2.43. The highest BCUT2D eigenvalue weighted by atomic mass is 19.1. The van der Waals surface area contributed by atoms with Crippen LogP contribution in [-0.2, 0) is 4.79 Å². The second-order valence-electron chi connectivity index (χ2n) is 5.27. The van der Waals surface area contributed by atoms with Gasteiger partial charge in [-0.25, -0.2) is 14.4 Å². The van der Waals surface area contributed by atoms with Crippen molar-refractivity contribution in [1.29, 1.82) is 0 Å². The van der Waals surface area contributed by atoms with Crippen molar-refractivity contribution in [3.8, 4) is 17.0 Å². The predicted molar refractivity (Wildman–Crippen MR) is 85.9 cm³/mol. The Labute approximate surface area is 140 Å². The van der Waals surface area contributed by atoms with E-state index in [4.69, 9.17) is 4.74 Å². The molecule has 0 unspecified atom stereocenters. The maximum absolute atomic E-state index is 14.4. The van der Waals surface area contributed by atoms with Gasteiger partial charge in [-0.05, 0) is 13.0 Å². The van der Waals surface area contributed by atoms with Gasteiger partial charge in [-0.1, -0.05) is 0 Å². The molecule has 9 nitrogen and oxygen atoms in total. The number of imidazole rings is 1. The second kappa shape index (κ2) is 5.51. The molecule has 0 spiro atoms. The fourth-order valence-corrected chi connectivity index (χ4v) is 2.57. The minimum Gasteiger partial charge on any atom is -0.493 e. The third-order valence-corrected chi connectivity index (χ3v) is 3.62. The lowest BCUT2D eigenvalue weighted by molar-refractivity contribution is -0.105. The van der Waals surface area contributed by atoms with Crippen LogP contribution in [0.2, 0.25) is 0 Å². The van der Waals surface area contributed by atoms with Crippen LogP contribution < -0.4 is 10.1 Å². The fourth-order valence-electron chi connectivity index (χ4n) is 2.57. The summed E-state index contributed by atoms with van der Waals surface area (Å²) in [5.74, 6) is 0.717. The molecule has 0 atom stereocenters. The molecule has 0 aliphatic heterocycles. The third-order valence-electron chi connectivity index (χ3n) is 3.62. The van der Waals surface area contributed by atoms with Crippen LogP contribution in [0.25, 0.3) is 22.6 Å². The summed E-state index contributed by atoms with van der Waals surface area (Å²) < 4.78 is 22.5. The van der Waals surface area contributed by atoms with Gasteiger partial charge in [0, 0.05) is 17.8 Å². The Morgan fingerprint density at radius 3 is 2.80 bits per heavy atom. The summed E-state index contributed by atoms with van der Waals surface area (Å²) >= 11 is 0. The zero-order valence-corrected chi connectivity index (χ0v) is 13.3. The molecule has 0 aliphatic carbocycles. The highest BCUT2D eigenvalue weighted by Gasteiger charge is 2.15. The first-order valence-corrected chi connectivity index (χ1v) is 7.26. The first kappa shape index (κ1) is 15.0. The Bertz CT molecular complexity index is 1120. The minimum atomic E-state index is -0.549. The van der Waals surface area contributed by atoms with E-state index in [1.54, 1.807) is 19.2 Å². The Kier molecular flexibility index (Phi) is 3.31. The first-order valence-electron chi connectivity index (χ1n) is 7.26. The molecule has 1 amide bonds. The van der Waals surface area contributed by atoms with Crippen LogP contribution in [0.4, 0.5) is 10.2 Å². The largest absolute Gasteiger partial charge is 0.493 e. The maximum atomic E-state index is 14.4. The van der Waals surface area contributed by atoms with E-state index in [0.717, 1.165) is 0 Å². The highest BCUT2D eigenvalue weighted by Crippen LogP contribution is 2.26. The van der Waals surface area contributed by atoms with Gasteiger partial charge < -0.3 is 14.5 Å². The molecule has 0 saturated heterocycles. The number of anilines is 1. The number of amides is 1. The number of nitrogens with one attached hydrogen (secondary N) is 1. The van der Waals surface area contributed by atoms with Crippen molar-refractivity contribution in [2.75, 3.05) is 12.4 Å². The molecular formula is C15H12FN7O2. The lowest BCUT2D eigenvalue weighted by Gasteiger charge is -2.06. The van der Waals surface area contributed by atoms with E-state index in [0.29, 0.717) is 34.9 Å². The zero-order valence-electron chi connectivity index (χ0n) is 13.3. The molecule has 0 saturated carbocycles. The molecule has 0 aromatic carbocycles. The summed E-state index contributed by atoms with van der Waals surface area (Å²) in [5, 5.41) is 10.9. The molecule has 126 valence electrons. The lowest BCUT2D eigenvalue weighted by Crippen LogP contribution is -2.01. The van der Waals surface area contributed by atoms with Gasteiger partial charge in [-0.3, -0.25) is 4.79 Å². The Morgan fingerprint density at radius 2 is 2.04 bits per heavy atom. The average molecular weight is 341 g/mol. The normalized spacial score (nSPS) is 11.2. The number of methoxy groups -OCH3 is 1. The molecule has 4 heterocycles. The molecule has 0 radical (unpaired) electrons.